The maximum atomic E-state index is 5.41. The van der Waals surface area contributed by atoms with E-state index in [0.29, 0.717) is 0 Å². The Labute approximate surface area is 86.6 Å². The van der Waals surface area contributed by atoms with Gasteiger partial charge in [0.15, 0.2) is 0 Å². The SMILES string of the molecule is CCCc1ccc(/C=C/CCN)cc1. The summed E-state index contributed by atoms with van der Waals surface area (Å²) in [5.41, 5.74) is 8.09. The van der Waals surface area contributed by atoms with Crippen LogP contribution in [0.5, 0.6) is 0 Å². The van der Waals surface area contributed by atoms with Gasteiger partial charge in [-0.25, -0.2) is 0 Å². The molecule has 0 aliphatic rings. The van der Waals surface area contributed by atoms with E-state index in [9.17, 15) is 0 Å². The van der Waals surface area contributed by atoms with Crippen LogP contribution in [0.1, 0.15) is 30.9 Å². The molecule has 0 saturated heterocycles. The van der Waals surface area contributed by atoms with Gasteiger partial charge in [-0.05, 0) is 30.5 Å². The van der Waals surface area contributed by atoms with Crippen molar-refractivity contribution in [3.63, 3.8) is 0 Å². The molecule has 0 aliphatic carbocycles. The lowest BCUT2D eigenvalue weighted by Crippen LogP contribution is -1.94. The first kappa shape index (κ1) is 11.0. The lowest BCUT2D eigenvalue weighted by Gasteiger charge is -1.98. The van der Waals surface area contributed by atoms with Gasteiger partial charge in [0, 0.05) is 0 Å². The highest BCUT2D eigenvalue weighted by Crippen LogP contribution is 2.08. The molecule has 1 heteroatoms. The molecule has 0 heterocycles. The third-order valence-electron chi connectivity index (χ3n) is 2.16. The van der Waals surface area contributed by atoms with Crippen molar-refractivity contribution in [1.82, 2.24) is 0 Å². The van der Waals surface area contributed by atoms with Gasteiger partial charge in [0.2, 0.25) is 0 Å². The van der Waals surface area contributed by atoms with Gasteiger partial charge in [-0.1, -0.05) is 49.8 Å². The van der Waals surface area contributed by atoms with Gasteiger partial charge in [-0.2, -0.15) is 0 Å². The third-order valence-corrected chi connectivity index (χ3v) is 2.16. The van der Waals surface area contributed by atoms with Crippen molar-refractivity contribution in [3.05, 3.63) is 41.5 Å². The summed E-state index contributed by atoms with van der Waals surface area (Å²) in [6.07, 6.45) is 7.59. The molecule has 0 bridgehead atoms. The fourth-order valence-electron chi connectivity index (χ4n) is 1.40. The van der Waals surface area contributed by atoms with Crippen molar-refractivity contribution in [2.24, 2.45) is 5.73 Å². The normalized spacial score (nSPS) is 11.0. The van der Waals surface area contributed by atoms with Gasteiger partial charge in [-0.3, -0.25) is 0 Å². The summed E-state index contributed by atoms with van der Waals surface area (Å²) in [6, 6.07) is 8.73. The van der Waals surface area contributed by atoms with Crippen molar-refractivity contribution >= 4 is 6.08 Å². The van der Waals surface area contributed by atoms with Gasteiger partial charge in [0.05, 0.1) is 0 Å². The molecule has 76 valence electrons. The molecular weight excluding hydrogens is 170 g/mol. The highest BCUT2D eigenvalue weighted by molar-refractivity contribution is 5.49. The Hall–Kier alpha value is -1.08. The van der Waals surface area contributed by atoms with Crippen LogP contribution in [-0.2, 0) is 6.42 Å². The van der Waals surface area contributed by atoms with Crippen molar-refractivity contribution in [3.8, 4) is 0 Å². The summed E-state index contributed by atoms with van der Waals surface area (Å²) in [4.78, 5) is 0. The Morgan fingerprint density at radius 3 is 2.50 bits per heavy atom. The molecule has 0 spiro atoms. The number of hydrogen-bond donors (Lipinski definition) is 1. The minimum absolute atomic E-state index is 0.727. The molecule has 0 radical (unpaired) electrons. The van der Waals surface area contributed by atoms with Crippen molar-refractivity contribution < 1.29 is 0 Å². The number of hydrogen-bond acceptors (Lipinski definition) is 1. The van der Waals surface area contributed by atoms with Crippen LogP contribution in [-0.4, -0.2) is 6.54 Å². The van der Waals surface area contributed by atoms with E-state index >= 15 is 0 Å². The van der Waals surface area contributed by atoms with Crippen LogP contribution in [0, 0.1) is 0 Å². The molecule has 0 amide bonds. The van der Waals surface area contributed by atoms with E-state index in [2.05, 4.69) is 43.3 Å². The molecule has 1 aromatic rings. The highest BCUT2D eigenvalue weighted by atomic mass is 14.5. The first-order valence-electron chi connectivity index (χ1n) is 5.32. The van der Waals surface area contributed by atoms with Crippen LogP contribution in [0.2, 0.25) is 0 Å². The lowest BCUT2D eigenvalue weighted by atomic mass is 10.1. The second-order valence-electron chi connectivity index (χ2n) is 3.47. The topological polar surface area (TPSA) is 26.0 Å². The molecule has 0 aliphatic heterocycles. The summed E-state index contributed by atoms with van der Waals surface area (Å²) in [6.45, 7) is 2.93. The molecule has 0 fully saturated rings. The van der Waals surface area contributed by atoms with E-state index in [1.165, 1.54) is 24.0 Å². The van der Waals surface area contributed by atoms with E-state index in [4.69, 9.17) is 5.73 Å². The highest BCUT2D eigenvalue weighted by Gasteiger charge is 1.90. The van der Waals surface area contributed by atoms with Crippen LogP contribution in [0.3, 0.4) is 0 Å². The average Bonchev–Trinajstić information content (AvgIpc) is 2.21. The Morgan fingerprint density at radius 2 is 1.93 bits per heavy atom. The summed E-state index contributed by atoms with van der Waals surface area (Å²) in [7, 11) is 0. The lowest BCUT2D eigenvalue weighted by molar-refractivity contribution is 0.922. The van der Waals surface area contributed by atoms with Gasteiger partial charge in [0.25, 0.3) is 0 Å². The smallest absolute Gasteiger partial charge is 0.00425 e. The Bertz CT molecular complexity index is 272. The van der Waals surface area contributed by atoms with E-state index in [1.807, 2.05) is 0 Å². The van der Waals surface area contributed by atoms with Crippen LogP contribution >= 0.6 is 0 Å². The monoisotopic (exact) mass is 189 g/mol. The molecule has 1 aromatic carbocycles. The van der Waals surface area contributed by atoms with Gasteiger partial charge < -0.3 is 5.73 Å². The maximum absolute atomic E-state index is 5.41. The maximum Gasteiger partial charge on any atom is -0.00425 e. The van der Waals surface area contributed by atoms with Gasteiger partial charge in [-0.15, -0.1) is 0 Å². The Kier molecular flexibility index (Phi) is 5.02. The molecule has 0 aromatic heterocycles. The molecule has 2 N–H and O–H groups in total. The van der Waals surface area contributed by atoms with Crippen LogP contribution in [0.25, 0.3) is 6.08 Å². The third kappa shape index (κ3) is 3.75. The molecule has 0 unspecified atom stereocenters. The molecule has 0 atom stereocenters. The molecule has 1 nitrogen and oxygen atoms in total. The molecule has 1 rings (SSSR count). The van der Waals surface area contributed by atoms with Crippen molar-refractivity contribution in [1.29, 1.82) is 0 Å². The molecule has 0 saturated carbocycles. The average molecular weight is 189 g/mol. The standard InChI is InChI=1S/C13H19N/c1-2-5-12-7-9-13(10-8-12)6-3-4-11-14/h3,6-10H,2,4-5,11,14H2,1H3/b6-3+. The number of benzene rings is 1. The van der Waals surface area contributed by atoms with E-state index in [1.54, 1.807) is 0 Å². The quantitative estimate of drug-likeness (QED) is 0.757. The molecular formula is C13H19N. The molecule has 14 heavy (non-hydrogen) atoms. The predicted octanol–water partition coefficient (Wildman–Crippen LogP) is 3.00. The van der Waals surface area contributed by atoms with Crippen LogP contribution in [0.15, 0.2) is 30.3 Å². The Balaban J connectivity index is 2.54. The second kappa shape index (κ2) is 6.39. The minimum atomic E-state index is 0.727. The summed E-state index contributed by atoms with van der Waals surface area (Å²) < 4.78 is 0. The fraction of sp³-hybridized carbons (Fsp3) is 0.385. The van der Waals surface area contributed by atoms with Crippen molar-refractivity contribution in [2.45, 2.75) is 26.2 Å². The zero-order chi connectivity index (χ0) is 10.2. The second-order valence-corrected chi connectivity index (χ2v) is 3.47. The van der Waals surface area contributed by atoms with E-state index in [-0.39, 0.29) is 0 Å². The zero-order valence-corrected chi connectivity index (χ0v) is 8.87. The first-order chi connectivity index (χ1) is 6.86. The Morgan fingerprint density at radius 1 is 1.21 bits per heavy atom. The number of rotatable bonds is 5. The van der Waals surface area contributed by atoms with Gasteiger partial charge in [0.1, 0.15) is 0 Å². The van der Waals surface area contributed by atoms with Crippen LogP contribution in [0.4, 0.5) is 0 Å². The summed E-state index contributed by atoms with van der Waals surface area (Å²) in [5, 5.41) is 0. The van der Waals surface area contributed by atoms with Crippen LogP contribution < -0.4 is 5.73 Å². The summed E-state index contributed by atoms with van der Waals surface area (Å²) in [5.74, 6) is 0. The predicted molar refractivity (Wildman–Crippen MR) is 63.1 cm³/mol. The summed E-state index contributed by atoms with van der Waals surface area (Å²) >= 11 is 0. The first-order valence-corrected chi connectivity index (χ1v) is 5.32. The number of nitrogens with two attached hydrogens (primary N) is 1. The van der Waals surface area contributed by atoms with Crippen molar-refractivity contribution in [2.75, 3.05) is 6.54 Å². The number of aryl methyl sites for hydroxylation is 1. The minimum Gasteiger partial charge on any atom is -0.330 e. The van der Waals surface area contributed by atoms with E-state index < -0.39 is 0 Å². The van der Waals surface area contributed by atoms with Gasteiger partial charge >= 0.3 is 0 Å². The fourth-order valence-corrected chi connectivity index (χ4v) is 1.40. The zero-order valence-electron chi connectivity index (χ0n) is 8.87. The largest absolute Gasteiger partial charge is 0.330 e. The van der Waals surface area contributed by atoms with E-state index in [0.717, 1.165) is 13.0 Å².